The molecule has 1 N–H and O–H groups in total. The van der Waals surface area contributed by atoms with Crippen LogP contribution in [0.3, 0.4) is 0 Å². The zero-order chi connectivity index (χ0) is 31.0. The van der Waals surface area contributed by atoms with E-state index in [0.29, 0.717) is 12.1 Å². The largest absolute Gasteiger partial charge is 0.453 e. The molecule has 0 saturated carbocycles. The minimum atomic E-state index is -4.14. The molecule has 2 aromatic carbocycles. The quantitative estimate of drug-likeness (QED) is 0.156. The van der Waals surface area contributed by atoms with Crippen molar-refractivity contribution in [3.05, 3.63) is 94.3 Å². The van der Waals surface area contributed by atoms with Gasteiger partial charge >= 0.3 is 16.4 Å². The van der Waals surface area contributed by atoms with Crippen molar-refractivity contribution >= 4 is 50.7 Å². The molecule has 14 heteroatoms. The first-order valence-electron chi connectivity index (χ1n) is 13.1. The monoisotopic (exact) mass is 644 g/mol. The number of likely N-dealkylation sites (N-methyl/N-ethyl adjacent to an activating group) is 2. The maximum Gasteiger partial charge on any atom is 0.409 e. The van der Waals surface area contributed by atoms with Crippen molar-refractivity contribution < 1.29 is 32.0 Å². The van der Waals surface area contributed by atoms with E-state index in [2.05, 4.69) is 13.9 Å². The first kappa shape index (κ1) is 32.1. The van der Waals surface area contributed by atoms with Crippen molar-refractivity contribution in [3.63, 3.8) is 0 Å². The van der Waals surface area contributed by atoms with E-state index in [1.54, 1.807) is 54.6 Å². The second-order valence-corrected chi connectivity index (χ2v) is 12.6. The Morgan fingerprint density at radius 1 is 0.907 bits per heavy atom. The van der Waals surface area contributed by atoms with Crippen LogP contribution in [0.4, 0.5) is 10.5 Å². The van der Waals surface area contributed by atoms with Gasteiger partial charge in [-0.1, -0.05) is 52.9 Å². The third-order valence-electron chi connectivity index (χ3n) is 6.68. The van der Waals surface area contributed by atoms with Gasteiger partial charge in [0.05, 0.1) is 36.5 Å². The van der Waals surface area contributed by atoms with Crippen LogP contribution in [0.25, 0.3) is 9.88 Å². The number of aromatic nitrogens is 1. The molecule has 0 radical (unpaired) electrons. The zero-order valence-corrected chi connectivity index (χ0v) is 26.4. The fraction of sp³-hybridized carbons (Fsp3) is 0.276. The minimum Gasteiger partial charge on any atom is -0.453 e. The zero-order valence-electron chi connectivity index (χ0n) is 24.0. The van der Waals surface area contributed by atoms with E-state index >= 15 is 0 Å². The summed E-state index contributed by atoms with van der Waals surface area (Å²) in [6.07, 6.45) is 0.0405. The molecule has 0 unspecified atom stereocenters. The second kappa shape index (κ2) is 14.6. The van der Waals surface area contributed by atoms with E-state index < -0.39 is 28.5 Å². The molecule has 0 fully saturated rings. The lowest BCUT2D eigenvalue weighted by Crippen LogP contribution is -2.50. The van der Waals surface area contributed by atoms with Crippen LogP contribution in [-0.4, -0.2) is 69.6 Å². The van der Waals surface area contributed by atoms with E-state index in [1.807, 2.05) is 53.2 Å². The third-order valence-corrected chi connectivity index (χ3v) is 9.38. The van der Waals surface area contributed by atoms with Crippen LogP contribution in [0.1, 0.15) is 22.9 Å². The van der Waals surface area contributed by atoms with Crippen molar-refractivity contribution in [2.75, 3.05) is 33.0 Å². The summed E-state index contributed by atoms with van der Waals surface area (Å²) < 4.78 is 35.2. The number of thiophene rings is 1. The number of nitrogens with zero attached hydrogens (tertiary/aromatic N) is 3. The Morgan fingerprint density at radius 3 is 2.23 bits per heavy atom. The summed E-state index contributed by atoms with van der Waals surface area (Å²) in [5.41, 5.74) is 2.69. The molecule has 4 rings (SSSR count). The Labute approximate surface area is 258 Å². The standard InChI is InChI=1S/C29H32N4O7S3/c1-32(28(34)25(33(2)29(35)38-3)18-20-9-6-5-7-10-20)24(23-19-42-27(30-23)26-11-8-16-41-26)17-21-12-14-22(15-13-21)31-43(36,37)40-39-4/h5-16,19,24-25,31H,17-18H2,1-4H3/t24-,25-/m0/s1. The number of ether oxygens (including phenoxy) is 1. The summed E-state index contributed by atoms with van der Waals surface area (Å²) in [5, 5.41) is 4.75. The minimum absolute atomic E-state index is 0.276. The number of amides is 2. The van der Waals surface area contributed by atoms with Crippen molar-refractivity contribution in [2.24, 2.45) is 0 Å². The molecule has 0 spiro atoms. The molecule has 2 amide bonds. The molecule has 4 aromatic rings. The van der Waals surface area contributed by atoms with E-state index in [9.17, 15) is 18.0 Å². The number of hydrogen-bond donors (Lipinski definition) is 1. The summed E-state index contributed by atoms with van der Waals surface area (Å²) in [4.78, 5) is 39.8. The summed E-state index contributed by atoms with van der Waals surface area (Å²) in [5.74, 6) is -0.284. The molecule has 11 nitrogen and oxygen atoms in total. The smallest absolute Gasteiger partial charge is 0.409 e. The molecule has 2 atom stereocenters. The van der Waals surface area contributed by atoms with Crippen LogP contribution in [0, 0.1) is 0 Å². The lowest BCUT2D eigenvalue weighted by Gasteiger charge is -2.34. The van der Waals surface area contributed by atoms with Crippen LogP contribution in [0.5, 0.6) is 0 Å². The number of benzene rings is 2. The molecule has 0 aliphatic rings. The fourth-order valence-electron chi connectivity index (χ4n) is 4.46. The molecule has 0 aliphatic carbocycles. The van der Waals surface area contributed by atoms with E-state index in [-0.39, 0.29) is 18.0 Å². The molecule has 0 bridgehead atoms. The second-order valence-electron chi connectivity index (χ2n) is 9.50. The topological polar surface area (TPSA) is 127 Å². The van der Waals surface area contributed by atoms with Gasteiger partial charge < -0.3 is 9.64 Å². The summed E-state index contributed by atoms with van der Waals surface area (Å²) in [6, 6.07) is 18.8. The number of nitrogens with one attached hydrogen (secondary N) is 1. The van der Waals surface area contributed by atoms with Crippen LogP contribution in [0.2, 0.25) is 0 Å². The Morgan fingerprint density at radius 2 is 1.60 bits per heavy atom. The van der Waals surface area contributed by atoms with Gasteiger partial charge in [-0.15, -0.1) is 22.7 Å². The Kier molecular flexibility index (Phi) is 10.9. The van der Waals surface area contributed by atoms with Gasteiger partial charge in [0.1, 0.15) is 11.0 Å². The molecule has 43 heavy (non-hydrogen) atoms. The molecular formula is C29H32N4O7S3. The summed E-state index contributed by atoms with van der Waals surface area (Å²) in [6.45, 7) is 0. The maximum atomic E-state index is 14.2. The predicted molar refractivity (Wildman–Crippen MR) is 166 cm³/mol. The average molecular weight is 645 g/mol. The Balaban J connectivity index is 1.65. The van der Waals surface area contributed by atoms with Gasteiger partial charge in [0.15, 0.2) is 0 Å². The normalized spacial score (nSPS) is 12.7. The van der Waals surface area contributed by atoms with E-state index in [1.165, 1.54) is 23.3 Å². The van der Waals surface area contributed by atoms with Crippen LogP contribution in [-0.2, 0) is 41.9 Å². The Hall–Kier alpha value is -3.82. The van der Waals surface area contributed by atoms with Crippen molar-refractivity contribution in [2.45, 2.75) is 24.9 Å². The highest BCUT2D eigenvalue weighted by atomic mass is 32.2. The number of hydrogen-bond acceptors (Lipinski definition) is 10. The fourth-order valence-corrected chi connectivity index (χ4v) is 6.78. The predicted octanol–water partition coefficient (Wildman–Crippen LogP) is 5.16. The van der Waals surface area contributed by atoms with Crippen molar-refractivity contribution in [3.8, 4) is 9.88 Å². The molecular weight excluding hydrogens is 613 g/mol. The highest BCUT2D eigenvalue weighted by molar-refractivity contribution is 7.88. The number of thiazole rings is 1. The third kappa shape index (κ3) is 8.39. The molecule has 0 aliphatic heterocycles. The van der Waals surface area contributed by atoms with Gasteiger partial charge in [0.25, 0.3) is 0 Å². The van der Waals surface area contributed by atoms with Crippen LogP contribution in [0.15, 0.2) is 77.5 Å². The number of carbonyl (C=O) groups excluding carboxylic acids is 2. The number of methoxy groups -OCH3 is 1. The molecule has 228 valence electrons. The highest BCUT2D eigenvalue weighted by Crippen LogP contribution is 2.33. The van der Waals surface area contributed by atoms with Gasteiger partial charge in [0.2, 0.25) is 5.91 Å². The van der Waals surface area contributed by atoms with E-state index in [4.69, 9.17) is 9.72 Å². The van der Waals surface area contributed by atoms with Gasteiger partial charge in [-0.25, -0.2) is 14.7 Å². The first-order valence-corrected chi connectivity index (χ1v) is 16.2. The SMILES string of the molecule is COOS(=O)(=O)Nc1ccc(C[C@@H](c2csc(-c3cccs3)n2)N(C)C(=O)[C@H](Cc2ccccc2)N(C)C(=O)OC)cc1. The van der Waals surface area contributed by atoms with E-state index in [0.717, 1.165) is 28.1 Å². The maximum absolute atomic E-state index is 14.2. The van der Waals surface area contributed by atoms with Crippen LogP contribution >= 0.6 is 22.7 Å². The average Bonchev–Trinajstić information content (AvgIpc) is 3.71. The van der Waals surface area contributed by atoms with Crippen LogP contribution < -0.4 is 4.72 Å². The Bertz CT molecular complexity index is 1590. The van der Waals surface area contributed by atoms with Gasteiger partial charge in [-0.3, -0.25) is 14.4 Å². The molecule has 2 aromatic heterocycles. The summed E-state index contributed by atoms with van der Waals surface area (Å²) in [7, 11) is 1.48. The number of carbonyl (C=O) groups is 2. The lowest BCUT2D eigenvalue weighted by atomic mass is 9.99. The number of rotatable bonds is 13. The van der Waals surface area contributed by atoms with Gasteiger partial charge in [-0.05, 0) is 41.1 Å². The van der Waals surface area contributed by atoms with Gasteiger partial charge in [-0.2, -0.15) is 8.42 Å². The molecule has 0 saturated heterocycles. The lowest BCUT2D eigenvalue weighted by molar-refractivity contribution is -0.171. The molecule has 2 heterocycles. The first-order chi connectivity index (χ1) is 20.6. The summed E-state index contributed by atoms with van der Waals surface area (Å²) >= 11 is 3.07. The highest BCUT2D eigenvalue weighted by Gasteiger charge is 2.34. The van der Waals surface area contributed by atoms with Crippen molar-refractivity contribution in [1.29, 1.82) is 0 Å². The van der Waals surface area contributed by atoms with Crippen molar-refractivity contribution in [1.82, 2.24) is 14.8 Å². The number of anilines is 1. The van der Waals surface area contributed by atoms with Gasteiger partial charge in [0, 0.05) is 25.9 Å².